The number of hydrogen-bond donors (Lipinski definition) is 2. The molecule has 1 heterocycles. The van der Waals surface area contributed by atoms with E-state index in [4.69, 9.17) is 10.5 Å². The summed E-state index contributed by atoms with van der Waals surface area (Å²) in [6, 6.07) is 7.20. The molecule has 3 N–H and O–H groups in total. The highest BCUT2D eigenvalue weighted by molar-refractivity contribution is 8.02. The highest BCUT2D eigenvalue weighted by Gasteiger charge is 2.25. The summed E-state index contributed by atoms with van der Waals surface area (Å²) in [6.45, 7) is 5.84. The Bertz CT molecular complexity index is 772. The predicted molar refractivity (Wildman–Crippen MR) is 106 cm³/mol. The molecule has 0 aliphatic rings. The maximum Gasteiger partial charge on any atom is 0.238 e. The minimum Gasteiger partial charge on any atom is -0.497 e. The molecule has 2 amide bonds. The lowest BCUT2D eigenvalue weighted by Crippen LogP contribution is -2.29. The van der Waals surface area contributed by atoms with Crippen LogP contribution in [-0.2, 0) is 16.0 Å². The number of nitrogens with two attached hydrogens (primary N) is 1. The summed E-state index contributed by atoms with van der Waals surface area (Å²) in [7, 11) is 1.60. The first kappa shape index (κ1) is 20.3. The van der Waals surface area contributed by atoms with Gasteiger partial charge in [-0.2, -0.15) is 0 Å². The second-order valence-corrected chi connectivity index (χ2v) is 8.60. The van der Waals surface area contributed by atoms with E-state index in [0.29, 0.717) is 5.69 Å². The van der Waals surface area contributed by atoms with Crippen LogP contribution < -0.4 is 15.8 Å². The normalized spacial score (nSPS) is 12.0. The summed E-state index contributed by atoms with van der Waals surface area (Å²) >= 11 is 2.83. The van der Waals surface area contributed by atoms with Gasteiger partial charge in [-0.3, -0.25) is 9.59 Å². The average molecular weight is 394 g/mol. The van der Waals surface area contributed by atoms with Gasteiger partial charge in [0, 0.05) is 10.6 Å². The summed E-state index contributed by atoms with van der Waals surface area (Å²) in [5, 5.41) is 2.63. The summed E-state index contributed by atoms with van der Waals surface area (Å²) < 4.78 is 5.89. The lowest BCUT2D eigenvalue weighted by Gasteiger charge is -2.18. The number of amides is 2. The van der Waals surface area contributed by atoms with Crippen LogP contribution in [-0.4, -0.2) is 29.2 Å². The molecular formula is C18H23N3O3S2. The van der Waals surface area contributed by atoms with Crippen molar-refractivity contribution in [3.63, 3.8) is 0 Å². The Hall–Kier alpha value is -2.06. The van der Waals surface area contributed by atoms with E-state index in [9.17, 15) is 9.59 Å². The van der Waals surface area contributed by atoms with E-state index in [1.165, 1.54) is 23.1 Å². The predicted octanol–water partition coefficient (Wildman–Crippen LogP) is 3.24. The fraction of sp³-hybridized carbons (Fsp3) is 0.389. The maximum absolute atomic E-state index is 12.7. The molecule has 1 unspecified atom stereocenters. The van der Waals surface area contributed by atoms with E-state index < -0.39 is 0 Å². The van der Waals surface area contributed by atoms with E-state index in [1.807, 2.05) is 20.8 Å². The molecule has 2 aromatic rings. The number of benzene rings is 1. The van der Waals surface area contributed by atoms with Crippen molar-refractivity contribution in [1.29, 1.82) is 0 Å². The summed E-state index contributed by atoms with van der Waals surface area (Å²) in [5.74, 6) is 0.380. The number of carbonyl (C=O) groups excluding carboxylic acids is 2. The summed E-state index contributed by atoms with van der Waals surface area (Å²) in [4.78, 5) is 29.2. The monoisotopic (exact) mass is 393 g/mol. The van der Waals surface area contributed by atoms with Gasteiger partial charge in [-0.25, -0.2) is 4.98 Å². The largest absolute Gasteiger partial charge is 0.497 e. The smallest absolute Gasteiger partial charge is 0.238 e. The zero-order valence-corrected chi connectivity index (χ0v) is 16.9. The highest BCUT2D eigenvalue weighted by atomic mass is 32.2. The maximum atomic E-state index is 12.7. The molecule has 0 aliphatic carbocycles. The van der Waals surface area contributed by atoms with Crippen LogP contribution in [0.25, 0.3) is 0 Å². The van der Waals surface area contributed by atoms with Gasteiger partial charge in [0.15, 0.2) is 4.34 Å². The number of aryl methyl sites for hydroxylation is 1. The third kappa shape index (κ3) is 5.47. The number of carbonyl (C=O) groups is 2. The van der Waals surface area contributed by atoms with Gasteiger partial charge in [0.05, 0.1) is 24.5 Å². The molecule has 6 nitrogen and oxygen atoms in total. The van der Waals surface area contributed by atoms with Gasteiger partial charge in [0.25, 0.3) is 0 Å². The Morgan fingerprint density at radius 1 is 1.31 bits per heavy atom. The van der Waals surface area contributed by atoms with Gasteiger partial charge in [-0.1, -0.05) is 25.6 Å². The van der Waals surface area contributed by atoms with E-state index >= 15 is 0 Å². The SMILES string of the molecule is COc1ccc(NC(=O)C(Sc2nc(C)c(CC(N)=O)s2)C(C)C)cc1. The molecule has 0 saturated carbocycles. The lowest BCUT2D eigenvalue weighted by molar-refractivity contribution is -0.117. The van der Waals surface area contributed by atoms with Crippen molar-refractivity contribution < 1.29 is 14.3 Å². The van der Waals surface area contributed by atoms with Crippen LogP contribution in [0.1, 0.15) is 24.4 Å². The Morgan fingerprint density at radius 2 is 1.96 bits per heavy atom. The average Bonchev–Trinajstić information content (AvgIpc) is 2.91. The van der Waals surface area contributed by atoms with E-state index in [1.54, 1.807) is 31.4 Å². The van der Waals surface area contributed by atoms with Crippen LogP contribution in [0.2, 0.25) is 0 Å². The molecule has 0 bridgehead atoms. The molecule has 140 valence electrons. The Balaban J connectivity index is 2.10. The number of hydrogen-bond acceptors (Lipinski definition) is 6. The number of methoxy groups -OCH3 is 1. The quantitative estimate of drug-likeness (QED) is 0.672. The minimum absolute atomic E-state index is 0.0838. The zero-order valence-electron chi connectivity index (χ0n) is 15.2. The molecule has 8 heteroatoms. The van der Waals surface area contributed by atoms with Gasteiger partial charge in [-0.05, 0) is 37.1 Å². The van der Waals surface area contributed by atoms with Crippen molar-refractivity contribution >= 4 is 40.6 Å². The summed E-state index contributed by atoms with van der Waals surface area (Å²) in [5.41, 5.74) is 6.77. The number of primary amides is 1. The Kier molecular flexibility index (Phi) is 7.05. The van der Waals surface area contributed by atoms with Crippen LogP contribution in [0, 0.1) is 12.8 Å². The second-order valence-electron chi connectivity index (χ2n) is 6.13. The molecular weight excluding hydrogens is 370 g/mol. The van der Waals surface area contributed by atoms with Gasteiger partial charge in [-0.15, -0.1) is 11.3 Å². The topological polar surface area (TPSA) is 94.3 Å². The van der Waals surface area contributed by atoms with Gasteiger partial charge in [0.2, 0.25) is 11.8 Å². The fourth-order valence-corrected chi connectivity index (χ4v) is 4.71. The number of anilines is 1. The molecule has 1 aromatic carbocycles. The van der Waals surface area contributed by atoms with E-state index in [0.717, 1.165) is 20.7 Å². The van der Waals surface area contributed by atoms with Gasteiger partial charge in [0.1, 0.15) is 5.75 Å². The standard InChI is InChI=1S/C18H23N3O3S2/c1-10(2)16(17(23)21-12-5-7-13(24-4)8-6-12)26-18-20-11(3)14(25-18)9-15(19)22/h5-8,10,16H,9H2,1-4H3,(H2,19,22)(H,21,23). The first-order chi connectivity index (χ1) is 12.3. The lowest BCUT2D eigenvalue weighted by atomic mass is 10.1. The minimum atomic E-state index is -0.383. The Labute approximate surface area is 161 Å². The molecule has 1 aromatic heterocycles. The third-order valence-corrected chi connectivity index (χ3v) is 6.45. The van der Waals surface area contributed by atoms with Crippen molar-refractivity contribution in [2.24, 2.45) is 11.7 Å². The van der Waals surface area contributed by atoms with Crippen LogP contribution in [0.3, 0.4) is 0 Å². The van der Waals surface area contributed by atoms with Crippen LogP contribution in [0.5, 0.6) is 5.75 Å². The molecule has 0 radical (unpaired) electrons. The van der Waals surface area contributed by atoms with Crippen molar-refractivity contribution in [2.75, 3.05) is 12.4 Å². The first-order valence-electron chi connectivity index (χ1n) is 8.16. The number of ether oxygens (including phenoxy) is 1. The number of nitrogens with one attached hydrogen (secondary N) is 1. The second kappa shape index (κ2) is 9.05. The van der Waals surface area contributed by atoms with Crippen LogP contribution in [0.15, 0.2) is 28.6 Å². The number of thiazole rings is 1. The number of nitrogens with zero attached hydrogens (tertiary/aromatic N) is 1. The van der Waals surface area contributed by atoms with Gasteiger partial charge >= 0.3 is 0 Å². The molecule has 0 aliphatic heterocycles. The van der Waals surface area contributed by atoms with Crippen molar-refractivity contribution in [1.82, 2.24) is 4.98 Å². The van der Waals surface area contributed by atoms with Crippen LogP contribution >= 0.6 is 23.1 Å². The molecule has 2 rings (SSSR count). The fourth-order valence-electron chi connectivity index (χ4n) is 2.26. The molecule has 0 spiro atoms. The Morgan fingerprint density at radius 3 is 2.50 bits per heavy atom. The van der Waals surface area contributed by atoms with Gasteiger partial charge < -0.3 is 15.8 Å². The zero-order chi connectivity index (χ0) is 19.3. The molecule has 26 heavy (non-hydrogen) atoms. The summed E-state index contributed by atoms with van der Waals surface area (Å²) in [6.07, 6.45) is 0.175. The first-order valence-corrected chi connectivity index (χ1v) is 9.86. The molecule has 0 fully saturated rings. The van der Waals surface area contributed by atoms with E-state index in [2.05, 4.69) is 10.3 Å². The van der Waals surface area contributed by atoms with Crippen molar-refractivity contribution in [3.05, 3.63) is 34.8 Å². The van der Waals surface area contributed by atoms with Crippen LogP contribution in [0.4, 0.5) is 5.69 Å². The third-order valence-electron chi connectivity index (χ3n) is 3.66. The highest BCUT2D eigenvalue weighted by Crippen LogP contribution is 2.34. The van der Waals surface area contributed by atoms with E-state index in [-0.39, 0.29) is 29.4 Å². The number of aromatic nitrogens is 1. The van der Waals surface area contributed by atoms with Crippen molar-refractivity contribution in [3.8, 4) is 5.75 Å². The molecule has 0 saturated heterocycles. The number of thioether (sulfide) groups is 1. The molecule has 1 atom stereocenters. The van der Waals surface area contributed by atoms with Crippen molar-refractivity contribution in [2.45, 2.75) is 36.8 Å². The number of rotatable bonds is 8.